The Morgan fingerprint density at radius 2 is 1.67 bits per heavy atom. The predicted molar refractivity (Wildman–Crippen MR) is 79.9 cm³/mol. The van der Waals surface area contributed by atoms with E-state index in [-0.39, 0.29) is 5.82 Å². The van der Waals surface area contributed by atoms with Crippen LogP contribution in [-0.2, 0) is 0 Å². The van der Waals surface area contributed by atoms with E-state index >= 15 is 0 Å². The predicted octanol–water partition coefficient (Wildman–Crippen LogP) is 4.65. The van der Waals surface area contributed by atoms with Gasteiger partial charge < -0.3 is 0 Å². The van der Waals surface area contributed by atoms with Gasteiger partial charge in [-0.1, -0.05) is 30.3 Å². The fourth-order valence-electron chi connectivity index (χ4n) is 1.93. The first-order chi connectivity index (χ1) is 8.75. The molecule has 3 aromatic rings. The fourth-order valence-corrected chi connectivity index (χ4v) is 2.68. The molecule has 0 spiro atoms. The third-order valence-corrected chi connectivity index (χ3v) is 3.63. The number of aromatic nitrogens is 1. The highest BCUT2D eigenvalue weighted by Crippen LogP contribution is 2.28. The summed E-state index contributed by atoms with van der Waals surface area (Å²) in [6, 6.07) is 16.6. The van der Waals surface area contributed by atoms with Gasteiger partial charge in [0.2, 0.25) is 0 Å². The van der Waals surface area contributed by atoms with Crippen molar-refractivity contribution in [2.45, 2.75) is 0 Å². The number of benzene rings is 2. The van der Waals surface area contributed by atoms with Crippen molar-refractivity contribution in [3.05, 3.63) is 64.0 Å². The van der Waals surface area contributed by atoms with E-state index in [0.717, 1.165) is 14.5 Å². The van der Waals surface area contributed by atoms with Crippen molar-refractivity contribution in [2.24, 2.45) is 0 Å². The van der Waals surface area contributed by atoms with Gasteiger partial charge in [0.05, 0.1) is 11.2 Å². The van der Waals surface area contributed by atoms with E-state index in [1.165, 1.54) is 6.07 Å². The quantitative estimate of drug-likeness (QED) is 0.583. The van der Waals surface area contributed by atoms with Gasteiger partial charge in [-0.05, 0) is 46.9 Å². The monoisotopic (exact) mass is 349 g/mol. The van der Waals surface area contributed by atoms with Crippen LogP contribution in [0.1, 0.15) is 0 Å². The van der Waals surface area contributed by atoms with Crippen LogP contribution in [0, 0.1) is 9.39 Å². The van der Waals surface area contributed by atoms with Crippen molar-refractivity contribution in [1.82, 2.24) is 4.98 Å². The molecule has 0 amide bonds. The molecular formula is C15H9FIN. The molecule has 0 bridgehead atoms. The van der Waals surface area contributed by atoms with E-state index in [2.05, 4.69) is 27.6 Å². The van der Waals surface area contributed by atoms with E-state index in [4.69, 9.17) is 0 Å². The lowest BCUT2D eigenvalue weighted by molar-refractivity contribution is 0.630. The molecular weight excluding hydrogens is 340 g/mol. The molecule has 0 fully saturated rings. The Morgan fingerprint density at radius 3 is 2.50 bits per heavy atom. The summed E-state index contributed by atoms with van der Waals surface area (Å²) >= 11 is 2.20. The van der Waals surface area contributed by atoms with Gasteiger partial charge in [0.1, 0.15) is 5.82 Å². The van der Waals surface area contributed by atoms with Crippen LogP contribution in [0.2, 0.25) is 0 Å². The minimum Gasteiger partial charge on any atom is -0.247 e. The summed E-state index contributed by atoms with van der Waals surface area (Å²) in [6.45, 7) is 0. The van der Waals surface area contributed by atoms with Crippen LogP contribution in [0.5, 0.6) is 0 Å². The van der Waals surface area contributed by atoms with Crippen molar-refractivity contribution in [3.63, 3.8) is 0 Å². The average molecular weight is 349 g/mol. The maximum atomic E-state index is 13.8. The molecule has 0 aliphatic carbocycles. The van der Waals surface area contributed by atoms with Crippen molar-refractivity contribution >= 4 is 33.5 Å². The normalized spacial score (nSPS) is 10.8. The van der Waals surface area contributed by atoms with Crippen molar-refractivity contribution < 1.29 is 4.39 Å². The molecule has 1 heterocycles. The maximum absolute atomic E-state index is 13.8. The Bertz CT molecular complexity index is 725. The fraction of sp³-hybridized carbons (Fsp3) is 0. The van der Waals surface area contributed by atoms with Crippen LogP contribution in [-0.4, -0.2) is 4.98 Å². The summed E-state index contributed by atoms with van der Waals surface area (Å²) in [5, 5.41) is 1.07. The highest BCUT2D eigenvalue weighted by Gasteiger charge is 2.10. The summed E-state index contributed by atoms with van der Waals surface area (Å²) in [7, 11) is 0. The van der Waals surface area contributed by atoms with Crippen molar-refractivity contribution in [1.29, 1.82) is 0 Å². The van der Waals surface area contributed by atoms with Gasteiger partial charge in [-0.3, -0.25) is 0 Å². The second kappa shape index (κ2) is 4.65. The first kappa shape index (κ1) is 11.6. The van der Waals surface area contributed by atoms with E-state index in [9.17, 15) is 4.39 Å². The highest BCUT2D eigenvalue weighted by atomic mass is 127. The molecule has 0 saturated carbocycles. The standard InChI is InChI=1S/C15H9FIN/c16-12-7-3-2-6-11(12)15-13(17)9-10-5-1-4-8-14(10)18-15/h1-9H. The third-order valence-electron chi connectivity index (χ3n) is 2.81. The highest BCUT2D eigenvalue weighted by molar-refractivity contribution is 14.1. The van der Waals surface area contributed by atoms with Crippen LogP contribution in [0.15, 0.2) is 54.6 Å². The molecule has 0 aliphatic rings. The molecule has 1 aromatic heterocycles. The van der Waals surface area contributed by atoms with Gasteiger partial charge in [0.15, 0.2) is 0 Å². The molecule has 0 radical (unpaired) electrons. The third kappa shape index (κ3) is 1.99. The topological polar surface area (TPSA) is 12.9 Å². The number of rotatable bonds is 1. The van der Waals surface area contributed by atoms with Gasteiger partial charge in [-0.2, -0.15) is 0 Å². The summed E-state index contributed by atoms with van der Waals surface area (Å²) in [5.74, 6) is -0.238. The van der Waals surface area contributed by atoms with Gasteiger partial charge in [0, 0.05) is 14.5 Å². The summed E-state index contributed by atoms with van der Waals surface area (Å²) in [6.07, 6.45) is 0. The minimum atomic E-state index is -0.238. The number of pyridine rings is 1. The van der Waals surface area contributed by atoms with E-state index in [1.54, 1.807) is 12.1 Å². The van der Waals surface area contributed by atoms with Gasteiger partial charge in [-0.25, -0.2) is 9.37 Å². The summed E-state index contributed by atoms with van der Waals surface area (Å²) < 4.78 is 14.8. The zero-order chi connectivity index (χ0) is 12.5. The molecule has 0 aliphatic heterocycles. The molecule has 3 rings (SSSR count). The number of hydrogen-bond acceptors (Lipinski definition) is 1. The van der Waals surface area contributed by atoms with Crippen molar-refractivity contribution in [3.8, 4) is 11.3 Å². The molecule has 0 saturated heterocycles. The number of halogens is 2. The van der Waals surface area contributed by atoms with Crippen LogP contribution in [0.25, 0.3) is 22.2 Å². The zero-order valence-electron chi connectivity index (χ0n) is 9.40. The number of fused-ring (bicyclic) bond motifs is 1. The summed E-state index contributed by atoms with van der Waals surface area (Å²) in [5.41, 5.74) is 2.14. The Hall–Kier alpha value is -1.49. The molecule has 0 unspecified atom stereocenters. The molecule has 18 heavy (non-hydrogen) atoms. The average Bonchev–Trinajstić information content (AvgIpc) is 2.39. The Morgan fingerprint density at radius 1 is 0.944 bits per heavy atom. The molecule has 2 aromatic carbocycles. The van der Waals surface area contributed by atoms with Crippen LogP contribution in [0.4, 0.5) is 4.39 Å². The second-order valence-electron chi connectivity index (χ2n) is 3.99. The first-order valence-electron chi connectivity index (χ1n) is 5.56. The zero-order valence-corrected chi connectivity index (χ0v) is 11.6. The number of para-hydroxylation sites is 1. The van der Waals surface area contributed by atoms with E-state index in [1.807, 2.05) is 36.4 Å². The Kier molecular flexibility index (Phi) is 2.99. The molecule has 3 heteroatoms. The number of nitrogens with zero attached hydrogens (tertiary/aromatic N) is 1. The maximum Gasteiger partial charge on any atom is 0.132 e. The molecule has 88 valence electrons. The molecule has 0 N–H and O–H groups in total. The lowest BCUT2D eigenvalue weighted by Crippen LogP contribution is -1.92. The van der Waals surface area contributed by atoms with E-state index < -0.39 is 0 Å². The van der Waals surface area contributed by atoms with Gasteiger partial charge >= 0.3 is 0 Å². The van der Waals surface area contributed by atoms with Gasteiger partial charge in [-0.15, -0.1) is 0 Å². The Balaban J connectivity index is 2.30. The number of hydrogen-bond donors (Lipinski definition) is 0. The molecule has 0 atom stereocenters. The smallest absolute Gasteiger partial charge is 0.132 e. The van der Waals surface area contributed by atoms with Crippen LogP contribution < -0.4 is 0 Å². The summed E-state index contributed by atoms with van der Waals surface area (Å²) in [4.78, 5) is 4.56. The minimum absolute atomic E-state index is 0.238. The second-order valence-corrected chi connectivity index (χ2v) is 5.15. The lowest BCUT2D eigenvalue weighted by Gasteiger charge is -2.07. The Labute approximate surface area is 118 Å². The van der Waals surface area contributed by atoms with Gasteiger partial charge in [0.25, 0.3) is 0 Å². The largest absolute Gasteiger partial charge is 0.247 e. The van der Waals surface area contributed by atoms with E-state index in [0.29, 0.717) is 11.3 Å². The SMILES string of the molecule is Fc1ccccc1-c1nc2ccccc2cc1I. The molecule has 1 nitrogen and oxygen atoms in total. The first-order valence-corrected chi connectivity index (χ1v) is 6.64. The van der Waals surface area contributed by atoms with Crippen LogP contribution in [0.3, 0.4) is 0 Å². The van der Waals surface area contributed by atoms with Crippen molar-refractivity contribution in [2.75, 3.05) is 0 Å². The lowest BCUT2D eigenvalue weighted by atomic mass is 10.1. The van der Waals surface area contributed by atoms with Crippen LogP contribution >= 0.6 is 22.6 Å².